The van der Waals surface area contributed by atoms with E-state index in [1.54, 1.807) is 24.5 Å². The lowest BCUT2D eigenvalue weighted by Crippen LogP contribution is -2.41. The molecule has 2 aromatic heterocycles. The lowest BCUT2D eigenvalue weighted by atomic mass is 9.97. The fourth-order valence-corrected chi connectivity index (χ4v) is 3.77. The van der Waals surface area contributed by atoms with Crippen molar-refractivity contribution in [1.82, 2.24) is 15.4 Å². The molecule has 1 aliphatic rings. The molecular formula is C22H24ClN3O3. The summed E-state index contributed by atoms with van der Waals surface area (Å²) in [7, 11) is 0. The minimum atomic E-state index is -0.268. The number of carbonyl (C=O) groups excluding carboxylic acids is 1. The molecule has 4 rings (SSSR count). The molecule has 3 aromatic rings. The number of hydrogen-bond acceptors (Lipinski definition) is 5. The van der Waals surface area contributed by atoms with Crippen molar-refractivity contribution in [3.05, 3.63) is 65.2 Å². The van der Waals surface area contributed by atoms with E-state index >= 15 is 0 Å². The summed E-state index contributed by atoms with van der Waals surface area (Å²) >= 11 is 5.92. The number of furan rings is 1. The van der Waals surface area contributed by atoms with E-state index in [0.717, 1.165) is 43.2 Å². The number of rotatable bonds is 6. The van der Waals surface area contributed by atoms with Gasteiger partial charge < -0.3 is 14.3 Å². The van der Waals surface area contributed by atoms with Gasteiger partial charge in [0.15, 0.2) is 11.5 Å². The molecule has 1 saturated heterocycles. The van der Waals surface area contributed by atoms with Crippen molar-refractivity contribution in [3.63, 3.8) is 0 Å². The number of aromatic nitrogens is 1. The normalized spacial score (nSPS) is 16.6. The number of carbonyl (C=O) groups is 1. The third kappa shape index (κ3) is 4.71. The van der Waals surface area contributed by atoms with Gasteiger partial charge in [-0.05, 0) is 68.2 Å². The molecule has 0 saturated carbocycles. The molecule has 1 fully saturated rings. The van der Waals surface area contributed by atoms with E-state index in [0.29, 0.717) is 17.3 Å². The smallest absolute Gasteiger partial charge is 0.273 e. The van der Waals surface area contributed by atoms with Crippen LogP contribution in [0.2, 0.25) is 5.02 Å². The van der Waals surface area contributed by atoms with Gasteiger partial charge in [-0.1, -0.05) is 23.7 Å². The molecule has 6 nitrogen and oxygen atoms in total. The average Bonchev–Trinajstić information content (AvgIpc) is 3.42. The van der Waals surface area contributed by atoms with E-state index < -0.39 is 0 Å². The van der Waals surface area contributed by atoms with Crippen molar-refractivity contribution in [2.45, 2.75) is 25.8 Å². The SMILES string of the molecule is CC1CCN([C@H](CNC(=O)c2cc(-c3ccc(Cl)cc3)on2)c2ccco2)CC1. The van der Waals surface area contributed by atoms with Crippen molar-refractivity contribution < 1.29 is 13.7 Å². The maximum atomic E-state index is 12.6. The minimum Gasteiger partial charge on any atom is -0.468 e. The highest BCUT2D eigenvalue weighted by Gasteiger charge is 2.27. The fourth-order valence-electron chi connectivity index (χ4n) is 3.64. The highest BCUT2D eigenvalue weighted by molar-refractivity contribution is 6.30. The standard InChI is InChI=1S/C22H24ClN3O3/c1-15-8-10-26(11-9-15)19(20-3-2-12-28-20)14-24-22(27)18-13-21(29-25-18)16-4-6-17(23)7-5-16/h2-7,12-13,15,19H,8-11,14H2,1H3,(H,24,27)/t19-/m1/s1. The number of halogens is 1. The molecule has 3 heterocycles. The molecule has 152 valence electrons. The molecule has 1 aliphatic heterocycles. The predicted octanol–water partition coefficient (Wildman–Crippen LogP) is 4.79. The summed E-state index contributed by atoms with van der Waals surface area (Å²) < 4.78 is 11.0. The third-order valence-corrected chi connectivity index (χ3v) is 5.71. The van der Waals surface area contributed by atoms with E-state index in [4.69, 9.17) is 20.5 Å². The van der Waals surface area contributed by atoms with Gasteiger partial charge in [0.25, 0.3) is 5.91 Å². The van der Waals surface area contributed by atoms with E-state index in [-0.39, 0.29) is 17.6 Å². The number of piperidine rings is 1. The summed E-state index contributed by atoms with van der Waals surface area (Å²) in [6, 6.07) is 12.7. The maximum Gasteiger partial charge on any atom is 0.273 e. The first-order valence-corrected chi connectivity index (χ1v) is 10.3. The quantitative estimate of drug-likeness (QED) is 0.629. The Bertz CT molecular complexity index is 929. The van der Waals surface area contributed by atoms with Crippen molar-refractivity contribution >= 4 is 17.5 Å². The highest BCUT2D eigenvalue weighted by atomic mass is 35.5. The largest absolute Gasteiger partial charge is 0.468 e. The van der Waals surface area contributed by atoms with Gasteiger partial charge >= 0.3 is 0 Å². The van der Waals surface area contributed by atoms with Gasteiger partial charge in [0.05, 0.1) is 12.3 Å². The van der Waals surface area contributed by atoms with Crippen LogP contribution in [0.1, 0.15) is 42.1 Å². The van der Waals surface area contributed by atoms with E-state index in [1.165, 1.54) is 0 Å². The molecule has 0 unspecified atom stereocenters. The Morgan fingerprint density at radius 3 is 2.72 bits per heavy atom. The second kappa shape index (κ2) is 8.84. The Morgan fingerprint density at radius 2 is 2.03 bits per heavy atom. The van der Waals surface area contributed by atoms with Gasteiger partial charge in [-0.15, -0.1) is 0 Å². The molecule has 1 N–H and O–H groups in total. The van der Waals surface area contributed by atoms with Crippen LogP contribution < -0.4 is 5.32 Å². The van der Waals surface area contributed by atoms with Crippen LogP contribution in [0.5, 0.6) is 0 Å². The molecule has 0 aliphatic carbocycles. The van der Waals surface area contributed by atoms with Crippen LogP contribution in [-0.2, 0) is 0 Å². The zero-order valence-corrected chi connectivity index (χ0v) is 17.1. The number of likely N-dealkylation sites (tertiary alicyclic amines) is 1. The van der Waals surface area contributed by atoms with Crippen LogP contribution in [0.3, 0.4) is 0 Å². The average molecular weight is 414 g/mol. The van der Waals surface area contributed by atoms with Gasteiger partial charge in [-0.25, -0.2) is 0 Å². The van der Waals surface area contributed by atoms with Gasteiger partial charge in [-0.2, -0.15) is 0 Å². The van der Waals surface area contributed by atoms with E-state index in [1.807, 2.05) is 24.3 Å². The predicted molar refractivity (Wildman–Crippen MR) is 111 cm³/mol. The van der Waals surface area contributed by atoms with Crippen molar-refractivity contribution in [2.24, 2.45) is 5.92 Å². The maximum absolute atomic E-state index is 12.6. The van der Waals surface area contributed by atoms with Crippen molar-refractivity contribution in [1.29, 1.82) is 0 Å². The van der Waals surface area contributed by atoms with Gasteiger partial charge in [-0.3, -0.25) is 9.69 Å². The summed E-state index contributed by atoms with van der Waals surface area (Å²) in [6.45, 7) is 4.72. The first-order valence-electron chi connectivity index (χ1n) is 9.88. The third-order valence-electron chi connectivity index (χ3n) is 5.46. The van der Waals surface area contributed by atoms with Gasteiger partial charge in [0.1, 0.15) is 5.76 Å². The van der Waals surface area contributed by atoms with Crippen molar-refractivity contribution in [2.75, 3.05) is 19.6 Å². The first kappa shape index (κ1) is 19.7. The lowest BCUT2D eigenvalue weighted by molar-refractivity contribution is 0.0887. The molecule has 0 radical (unpaired) electrons. The number of nitrogens with zero attached hydrogens (tertiary/aromatic N) is 2. The molecule has 0 bridgehead atoms. The summed E-state index contributed by atoms with van der Waals surface area (Å²) in [5.74, 6) is 1.86. The monoisotopic (exact) mass is 413 g/mol. The zero-order chi connectivity index (χ0) is 20.2. The Kier molecular flexibility index (Phi) is 6.02. The van der Waals surface area contributed by atoms with Crippen molar-refractivity contribution in [3.8, 4) is 11.3 Å². The molecule has 1 atom stereocenters. The van der Waals surface area contributed by atoms with Crippen LogP contribution in [-0.4, -0.2) is 35.6 Å². The Balaban J connectivity index is 1.42. The number of nitrogens with one attached hydrogen (secondary N) is 1. The number of amides is 1. The highest BCUT2D eigenvalue weighted by Crippen LogP contribution is 2.27. The Morgan fingerprint density at radius 1 is 1.28 bits per heavy atom. The topological polar surface area (TPSA) is 71.5 Å². The van der Waals surface area contributed by atoms with Crippen LogP contribution in [0.15, 0.2) is 57.7 Å². The first-order chi connectivity index (χ1) is 14.1. The molecule has 1 amide bonds. The second-order valence-electron chi connectivity index (χ2n) is 7.54. The minimum absolute atomic E-state index is 0.00378. The lowest BCUT2D eigenvalue weighted by Gasteiger charge is -2.35. The molecule has 7 heteroatoms. The Labute approximate surface area is 174 Å². The molecular weight excluding hydrogens is 390 g/mol. The Hall–Kier alpha value is -2.57. The number of benzene rings is 1. The fraction of sp³-hybridized carbons (Fsp3) is 0.364. The number of hydrogen-bond donors (Lipinski definition) is 1. The van der Waals surface area contributed by atoms with Crippen LogP contribution in [0.25, 0.3) is 11.3 Å². The summed E-state index contributed by atoms with van der Waals surface area (Å²) in [5, 5.41) is 7.55. The summed E-state index contributed by atoms with van der Waals surface area (Å²) in [5.41, 5.74) is 1.07. The molecule has 0 spiro atoms. The molecule has 29 heavy (non-hydrogen) atoms. The molecule has 1 aromatic carbocycles. The van der Waals surface area contributed by atoms with Gasteiger partial charge in [0.2, 0.25) is 0 Å². The van der Waals surface area contributed by atoms with E-state index in [9.17, 15) is 4.79 Å². The van der Waals surface area contributed by atoms with Crippen LogP contribution in [0, 0.1) is 5.92 Å². The van der Waals surface area contributed by atoms with Gasteiger partial charge in [0, 0.05) is 23.2 Å². The zero-order valence-electron chi connectivity index (χ0n) is 16.3. The van der Waals surface area contributed by atoms with Crippen LogP contribution in [0.4, 0.5) is 0 Å². The summed E-state index contributed by atoms with van der Waals surface area (Å²) in [6.07, 6.45) is 3.98. The summed E-state index contributed by atoms with van der Waals surface area (Å²) in [4.78, 5) is 15.0. The van der Waals surface area contributed by atoms with E-state index in [2.05, 4.69) is 22.3 Å². The second-order valence-corrected chi connectivity index (χ2v) is 7.98. The van der Waals surface area contributed by atoms with Crippen LogP contribution >= 0.6 is 11.6 Å².